The van der Waals surface area contributed by atoms with Gasteiger partial charge in [0.1, 0.15) is 10.8 Å². The highest BCUT2D eigenvalue weighted by Crippen LogP contribution is 2.31. The van der Waals surface area contributed by atoms with Gasteiger partial charge in [-0.3, -0.25) is 0 Å². The topological polar surface area (TPSA) is 24.9 Å². The number of aryl methyl sites for hydroxylation is 1. The smallest absolute Gasteiger partial charge is 0.137 e. The number of halogens is 2. The minimum absolute atomic E-state index is 0.0680. The largest absolute Gasteiger partial charge is 0.376 e. The fourth-order valence-electron chi connectivity index (χ4n) is 2.17. The molecule has 1 unspecified atom stereocenters. The number of rotatable bonds is 3. The third-order valence-corrected chi connectivity index (χ3v) is 5.15. The molecule has 21 heavy (non-hydrogen) atoms. The number of aromatic nitrogens is 1. The van der Waals surface area contributed by atoms with E-state index in [1.807, 2.05) is 25.1 Å². The van der Waals surface area contributed by atoms with Gasteiger partial charge in [-0.15, -0.1) is 11.3 Å². The Hall–Kier alpha value is -1.46. The Morgan fingerprint density at radius 3 is 2.81 bits per heavy atom. The molecule has 0 spiro atoms. The van der Waals surface area contributed by atoms with Gasteiger partial charge >= 0.3 is 0 Å². The van der Waals surface area contributed by atoms with Crippen LogP contribution in [-0.2, 0) is 0 Å². The third-order valence-electron chi connectivity index (χ3n) is 3.32. The Balaban J connectivity index is 1.89. The maximum atomic E-state index is 13.5. The number of thiazole rings is 1. The number of fused-ring (bicyclic) bond motifs is 1. The average Bonchev–Trinajstić information content (AvgIpc) is 2.88. The third kappa shape index (κ3) is 2.94. The van der Waals surface area contributed by atoms with E-state index in [4.69, 9.17) is 0 Å². The first-order valence-corrected chi connectivity index (χ1v) is 8.23. The molecule has 0 aliphatic rings. The fraction of sp³-hybridized carbons (Fsp3) is 0.188. The summed E-state index contributed by atoms with van der Waals surface area (Å²) in [7, 11) is 0. The lowest BCUT2D eigenvalue weighted by Crippen LogP contribution is -2.07. The van der Waals surface area contributed by atoms with E-state index in [1.165, 1.54) is 10.8 Å². The van der Waals surface area contributed by atoms with E-state index in [0.717, 1.165) is 21.8 Å². The molecule has 0 saturated carbocycles. The number of hydrogen-bond donors (Lipinski definition) is 1. The zero-order valence-corrected chi connectivity index (χ0v) is 14.1. The average molecular weight is 365 g/mol. The van der Waals surface area contributed by atoms with Gasteiger partial charge in [0.05, 0.1) is 20.7 Å². The maximum Gasteiger partial charge on any atom is 0.137 e. The minimum atomic E-state index is -0.245. The van der Waals surface area contributed by atoms with Gasteiger partial charge in [-0.2, -0.15) is 0 Å². The lowest BCUT2D eigenvalue weighted by molar-refractivity contribution is 0.620. The van der Waals surface area contributed by atoms with Gasteiger partial charge in [0.2, 0.25) is 0 Å². The molecule has 0 fully saturated rings. The van der Waals surface area contributed by atoms with Gasteiger partial charge in [-0.1, -0.05) is 12.1 Å². The van der Waals surface area contributed by atoms with Crippen LogP contribution in [0.3, 0.4) is 0 Å². The van der Waals surface area contributed by atoms with Gasteiger partial charge in [0, 0.05) is 5.69 Å². The Bertz CT molecular complexity index is 767. The molecule has 3 aromatic rings. The summed E-state index contributed by atoms with van der Waals surface area (Å²) in [4.78, 5) is 4.65. The highest BCUT2D eigenvalue weighted by Gasteiger charge is 2.13. The summed E-state index contributed by atoms with van der Waals surface area (Å²) in [6, 6.07) is 11.5. The van der Waals surface area contributed by atoms with Gasteiger partial charge < -0.3 is 5.32 Å². The lowest BCUT2D eigenvalue weighted by Gasteiger charge is -2.15. The SMILES string of the molecule is Cc1cc(F)c(Br)cc1NC(C)c1nc2ccccc2s1. The lowest BCUT2D eigenvalue weighted by atomic mass is 10.2. The molecule has 108 valence electrons. The number of anilines is 1. The second-order valence-corrected chi connectivity index (χ2v) is 6.88. The predicted octanol–water partition coefficient (Wildman–Crippen LogP) is 5.68. The van der Waals surface area contributed by atoms with Crippen molar-refractivity contribution in [3.63, 3.8) is 0 Å². The fourth-order valence-corrected chi connectivity index (χ4v) is 3.49. The van der Waals surface area contributed by atoms with Crippen LogP contribution in [0, 0.1) is 12.7 Å². The first kappa shape index (κ1) is 14.5. The van der Waals surface area contributed by atoms with Crippen molar-refractivity contribution in [2.45, 2.75) is 19.9 Å². The summed E-state index contributed by atoms with van der Waals surface area (Å²) in [5.41, 5.74) is 2.81. The van der Waals surface area contributed by atoms with E-state index in [0.29, 0.717) is 4.47 Å². The zero-order chi connectivity index (χ0) is 15.0. The van der Waals surface area contributed by atoms with Crippen LogP contribution in [0.5, 0.6) is 0 Å². The summed E-state index contributed by atoms with van der Waals surface area (Å²) < 4.78 is 15.1. The monoisotopic (exact) mass is 364 g/mol. The maximum absolute atomic E-state index is 13.5. The van der Waals surface area contributed by atoms with Crippen molar-refractivity contribution in [3.8, 4) is 0 Å². The van der Waals surface area contributed by atoms with Gasteiger partial charge in [-0.25, -0.2) is 9.37 Å². The van der Waals surface area contributed by atoms with Gasteiger partial charge in [0.25, 0.3) is 0 Å². The van der Waals surface area contributed by atoms with Crippen molar-refractivity contribution in [1.82, 2.24) is 4.98 Å². The Kier molecular flexibility index (Phi) is 3.95. The number of nitrogens with zero attached hydrogens (tertiary/aromatic N) is 1. The summed E-state index contributed by atoms with van der Waals surface area (Å²) >= 11 is 4.90. The highest BCUT2D eigenvalue weighted by molar-refractivity contribution is 9.10. The van der Waals surface area contributed by atoms with Crippen molar-refractivity contribution in [2.24, 2.45) is 0 Å². The van der Waals surface area contributed by atoms with Crippen molar-refractivity contribution in [3.05, 3.63) is 57.3 Å². The molecule has 0 amide bonds. The zero-order valence-electron chi connectivity index (χ0n) is 11.7. The molecule has 2 nitrogen and oxygen atoms in total. The highest BCUT2D eigenvalue weighted by atomic mass is 79.9. The Morgan fingerprint density at radius 2 is 2.05 bits per heavy atom. The molecular formula is C16H14BrFN2S. The summed E-state index contributed by atoms with van der Waals surface area (Å²) in [6.45, 7) is 3.96. The van der Waals surface area contributed by atoms with E-state index in [1.54, 1.807) is 17.4 Å². The summed E-state index contributed by atoms with van der Waals surface area (Å²) in [6.07, 6.45) is 0. The van der Waals surface area contributed by atoms with Crippen LogP contribution in [0.4, 0.5) is 10.1 Å². The van der Waals surface area contributed by atoms with Crippen LogP contribution < -0.4 is 5.32 Å². The second-order valence-electron chi connectivity index (χ2n) is 4.97. The second kappa shape index (κ2) is 5.73. The number of para-hydroxylation sites is 1. The van der Waals surface area contributed by atoms with E-state index in [-0.39, 0.29) is 11.9 Å². The molecule has 1 heterocycles. The molecule has 1 N–H and O–H groups in total. The molecular weight excluding hydrogens is 351 g/mol. The van der Waals surface area contributed by atoms with E-state index in [9.17, 15) is 4.39 Å². The predicted molar refractivity (Wildman–Crippen MR) is 90.5 cm³/mol. The molecule has 3 rings (SSSR count). The van der Waals surface area contributed by atoms with E-state index >= 15 is 0 Å². The van der Waals surface area contributed by atoms with Crippen molar-refractivity contribution < 1.29 is 4.39 Å². The molecule has 5 heteroatoms. The Morgan fingerprint density at radius 1 is 1.29 bits per heavy atom. The molecule has 1 aromatic heterocycles. The first-order chi connectivity index (χ1) is 10.0. The molecule has 0 aliphatic carbocycles. The molecule has 0 bridgehead atoms. The number of hydrogen-bond acceptors (Lipinski definition) is 3. The molecule has 0 saturated heterocycles. The van der Waals surface area contributed by atoms with Crippen LogP contribution in [-0.4, -0.2) is 4.98 Å². The van der Waals surface area contributed by atoms with Crippen LogP contribution in [0.2, 0.25) is 0 Å². The molecule has 0 aliphatic heterocycles. The van der Waals surface area contributed by atoms with Crippen molar-refractivity contribution >= 4 is 43.2 Å². The Labute approximate surface area is 135 Å². The van der Waals surface area contributed by atoms with E-state index < -0.39 is 0 Å². The van der Waals surface area contributed by atoms with Gasteiger partial charge in [0.15, 0.2) is 0 Å². The van der Waals surface area contributed by atoms with Crippen LogP contribution in [0.1, 0.15) is 23.5 Å². The molecule has 1 atom stereocenters. The summed E-state index contributed by atoms with van der Waals surface area (Å²) in [5, 5.41) is 4.43. The quantitative estimate of drug-likeness (QED) is 0.646. The van der Waals surface area contributed by atoms with Gasteiger partial charge in [-0.05, 0) is 59.6 Å². The first-order valence-electron chi connectivity index (χ1n) is 6.62. The van der Waals surface area contributed by atoms with E-state index in [2.05, 4.69) is 39.2 Å². The normalized spacial score (nSPS) is 12.6. The number of benzene rings is 2. The molecule has 2 aromatic carbocycles. The standard InChI is InChI=1S/C16H14BrFN2S/c1-9-7-12(18)11(17)8-14(9)19-10(2)16-20-13-5-3-4-6-15(13)21-16/h3-8,10,19H,1-2H3. The van der Waals surface area contributed by atoms with Crippen molar-refractivity contribution in [2.75, 3.05) is 5.32 Å². The number of nitrogens with one attached hydrogen (secondary N) is 1. The summed E-state index contributed by atoms with van der Waals surface area (Å²) in [5.74, 6) is -0.245. The van der Waals surface area contributed by atoms with Crippen LogP contribution >= 0.6 is 27.3 Å². The van der Waals surface area contributed by atoms with Crippen LogP contribution in [0.15, 0.2) is 40.9 Å². The minimum Gasteiger partial charge on any atom is -0.376 e. The van der Waals surface area contributed by atoms with Crippen molar-refractivity contribution in [1.29, 1.82) is 0 Å². The van der Waals surface area contributed by atoms with Crippen LogP contribution in [0.25, 0.3) is 10.2 Å². The molecule has 0 radical (unpaired) electrons.